The molecular formula is C11H8BrCl2N3. The average molecular weight is 333 g/mol. The molecule has 0 aliphatic carbocycles. The lowest BCUT2D eigenvalue weighted by Gasteiger charge is -2.10. The minimum absolute atomic E-state index is 0.546. The molecule has 6 heteroatoms. The van der Waals surface area contributed by atoms with Gasteiger partial charge in [0.15, 0.2) is 0 Å². The van der Waals surface area contributed by atoms with Crippen LogP contribution in [0.2, 0.25) is 10.0 Å². The topological polar surface area (TPSA) is 37.8 Å². The molecule has 0 saturated carbocycles. The fraction of sp³-hybridized carbons (Fsp3) is 0.0909. The Balaban J connectivity index is 2.38. The number of nitrogens with one attached hydrogen (secondary N) is 1. The van der Waals surface area contributed by atoms with Crippen LogP contribution >= 0.6 is 39.1 Å². The van der Waals surface area contributed by atoms with Crippen molar-refractivity contribution in [2.45, 2.75) is 6.92 Å². The second-order valence-electron chi connectivity index (χ2n) is 3.34. The first-order valence-corrected chi connectivity index (χ1v) is 6.33. The number of aromatic nitrogens is 2. The van der Waals surface area contributed by atoms with E-state index in [4.69, 9.17) is 23.2 Å². The summed E-state index contributed by atoms with van der Waals surface area (Å²) >= 11 is 15.4. The van der Waals surface area contributed by atoms with Gasteiger partial charge >= 0.3 is 0 Å². The van der Waals surface area contributed by atoms with Crippen LogP contribution in [0.25, 0.3) is 0 Å². The molecule has 0 amide bonds. The van der Waals surface area contributed by atoms with Crippen molar-refractivity contribution in [2.75, 3.05) is 5.32 Å². The molecule has 0 bridgehead atoms. The van der Waals surface area contributed by atoms with Crippen LogP contribution in [0.4, 0.5) is 11.5 Å². The zero-order valence-corrected chi connectivity index (χ0v) is 11.9. The molecule has 0 radical (unpaired) electrons. The molecular weight excluding hydrogens is 325 g/mol. The Morgan fingerprint density at radius 3 is 2.41 bits per heavy atom. The minimum atomic E-state index is 0.546. The Labute approximate surface area is 117 Å². The van der Waals surface area contributed by atoms with Crippen molar-refractivity contribution in [1.82, 2.24) is 9.97 Å². The van der Waals surface area contributed by atoms with E-state index in [1.54, 1.807) is 24.3 Å². The van der Waals surface area contributed by atoms with Crippen LogP contribution in [-0.4, -0.2) is 9.97 Å². The van der Waals surface area contributed by atoms with Gasteiger partial charge in [-0.2, -0.15) is 0 Å². The summed E-state index contributed by atoms with van der Waals surface area (Å²) in [5.41, 5.74) is 0.640. The van der Waals surface area contributed by atoms with Crippen molar-refractivity contribution >= 4 is 50.6 Å². The van der Waals surface area contributed by atoms with Gasteiger partial charge < -0.3 is 5.32 Å². The smallest absolute Gasteiger partial charge is 0.135 e. The number of para-hydroxylation sites is 1. The van der Waals surface area contributed by atoms with Gasteiger partial charge in [-0.15, -0.1) is 0 Å². The van der Waals surface area contributed by atoms with E-state index in [2.05, 4.69) is 31.2 Å². The highest BCUT2D eigenvalue weighted by Crippen LogP contribution is 2.32. The number of anilines is 2. The molecule has 17 heavy (non-hydrogen) atoms. The highest BCUT2D eigenvalue weighted by Gasteiger charge is 2.07. The molecule has 0 unspecified atom stereocenters. The number of rotatable bonds is 2. The molecule has 0 aliphatic rings. The Bertz CT molecular complexity index is 520. The maximum atomic E-state index is 6.06. The van der Waals surface area contributed by atoms with Crippen molar-refractivity contribution in [2.24, 2.45) is 0 Å². The highest BCUT2D eigenvalue weighted by molar-refractivity contribution is 9.10. The lowest BCUT2D eigenvalue weighted by molar-refractivity contribution is 1.04. The lowest BCUT2D eigenvalue weighted by atomic mass is 10.3. The Hall–Kier alpha value is -0.840. The summed E-state index contributed by atoms with van der Waals surface area (Å²) in [6, 6.07) is 7.07. The molecule has 1 heterocycles. The van der Waals surface area contributed by atoms with Gasteiger partial charge in [0, 0.05) is 6.07 Å². The number of benzene rings is 1. The van der Waals surface area contributed by atoms with Crippen LogP contribution in [0, 0.1) is 6.92 Å². The predicted octanol–water partition coefficient (Wildman–Crippen LogP) is 4.60. The van der Waals surface area contributed by atoms with E-state index in [1.165, 1.54) is 0 Å². The van der Waals surface area contributed by atoms with Crippen LogP contribution < -0.4 is 5.32 Å². The minimum Gasteiger partial charge on any atom is -0.338 e. The first-order valence-electron chi connectivity index (χ1n) is 4.78. The molecule has 0 saturated heterocycles. The summed E-state index contributed by atoms with van der Waals surface area (Å²) in [7, 11) is 0. The maximum absolute atomic E-state index is 6.06. The van der Waals surface area contributed by atoms with Crippen molar-refractivity contribution in [3.8, 4) is 0 Å². The molecule has 1 N–H and O–H groups in total. The number of nitrogens with zero attached hydrogens (tertiary/aromatic N) is 2. The number of hydrogen-bond acceptors (Lipinski definition) is 3. The molecule has 3 nitrogen and oxygen atoms in total. The van der Waals surface area contributed by atoms with E-state index in [-0.39, 0.29) is 0 Å². The summed E-state index contributed by atoms with van der Waals surface area (Å²) in [5.74, 6) is 1.30. The summed E-state index contributed by atoms with van der Waals surface area (Å²) in [6.45, 7) is 1.81. The van der Waals surface area contributed by atoms with Crippen LogP contribution in [0.15, 0.2) is 28.9 Å². The Kier molecular flexibility index (Phi) is 3.86. The molecule has 1 aromatic heterocycles. The normalized spacial score (nSPS) is 10.4. The maximum Gasteiger partial charge on any atom is 0.135 e. The van der Waals surface area contributed by atoms with Gasteiger partial charge in [-0.25, -0.2) is 9.97 Å². The van der Waals surface area contributed by atoms with Crippen LogP contribution in [0.5, 0.6) is 0 Å². The van der Waals surface area contributed by atoms with Gasteiger partial charge in [-0.1, -0.05) is 29.3 Å². The second kappa shape index (κ2) is 5.21. The molecule has 0 spiro atoms. The molecule has 2 aromatic rings. The number of hydrogen-bond donors (Lipinski definition) is 1. The van der Waals surface area contributed by atoms with E-state index in [0.29, 0.717) is 32.0 Å². The van der Waals surface area contributed by atoms with Gasteiger partial charge in [0.1, 0.15) is 16.2 Å². The third-order valence-electron chi connectivity index (χ3n) is 2.02. The zero-order chi connectivity index (χ0) is 12.4. The zero-order valence-electron chi connectivity index (χ0n) is 8.84. The van der Waals surface area contributed by atoms with Gasteiger partial charge in [0.2, 0.25) is 0 Å². The fourth-order valence-electron chi connectivity index (χ4n) is 1.34. The van der Waals surface area contributed by atoms with Gasteiger partial charge in [0.25, 0.3) is 0 Å². The molecule has 1 aromatic carbocycles. The molecule has 0 fully saturated rings. The Morgan fingerprint density at radius 1 is 1.18 bits per heavy atom. The number of halogens is 3. The standard InChI is InChI=1S/C11H8BrCl2N3/c1-6-15-9(12)5-10(16-6)17-11-7(13)3-2-4-8(11)14/h2-5H,1H3,(H,15,16,17). The summed E-state index contributed by atoms with van der Waals surface area (Å²) in [6.07, 6.45) is 0. The van der Waals surface area contributed by atoms with Crippen LogP contribution in [0.1, 0.15) is 5.82 Å². The number of aryl methyl sites for hydroxylation is 1. The predicted molar refractivity (Wildman–Crippen MR) is 74.2 cm³/mol. The van der Waals surface area contributed by atoms with E-state index in [0.717, 1.165) is 0 Å². The summed E-state index contributed by atoms with van der Waals surface area (Å²) in [4.78, 5) is 8.36. The van der Waals surface area contributed by atoms with E-state index >= 15 is 0 Å². The molecule has 2 rings (SSSR count). The third kappa shape index (κ3) is 3.09. The SMILES string of the molecule is Cc1nc(Br)cc(Nc2c(Cl)cccc2Cl)n1. The first-order chi connectivity index (χ1) is 8.06. The quantitative estimate of drug-likeness (QED) is 0.817. The Morgan fingerprint density at radius 2 is 1.82 bits per heavy atom. The fourth-order valence-corrected chi connectivity index (χ4v) is 2.31. The van der Waals surface area contributed by atoms with Crippen molar-refractivity contribution in [3.05, 3.63) is 44.7 Å². The largest absolute Gasteiger partial charge is 0.338 e. The van der Waals surface area contributed by atoms with Crippen LogP contribution in [0.3, 0.4) is 0 Å². The van der Waals surface area contributed by atoms with Crippen molar-refractivity contribution in [3.63, 3.8) is 0 Å². The van der Waals surface area contributed by atoms with Crippen molar-refractivity contribution < 1.29 is 0 Å². The lowest BCUT2D eigenvalue weighted by Crippen LogP contribution is -1.98. The van der Waals surface area contributed by atoms with Crippen LogP contribution in [-0.2, 0) is 0 Å². The second-order valence-corrected chi connectivity index (χ2v) is 4.97. The van der Waals surface area contributed by atoms with Crippen molar-refractivity contribution in [1.29, 1.82) is 0 Å². The average Bonchev–Trinajstić information content (AvgIpc) is 2.22. The first kappa shape index (κ1) is 12.6. The van der Waals surface area contributed by atoms with Gasteiger partial charge in [-0.05, 0) is 35.0 Å². The van der Waals surface area contributed by atoms with Gasteiger partial charge in [0.05, 0.1) is 15.7 Å². The van der Waals surface area contributed by atoms with E-state index in [1.807, 2.05) is 6.92 Å². The van der Waals surface area contributed by atoms with E-state index < -0.39 is 0 Å². The highest BCUT2D eigenvalue weighted by atomic mass is 79.9. The molecule has 0 atom stereocenters. The molecule has 88 valence electrons. The van der Waals surface area contributed by atoms with E-state index in [9.17, 15) is 0 Å². The molecule has 0 aliphatic heterocycles. The van der Waals surface area contributed by atoms with Gasteiger partial charge in [-0.3, -0.25) is 0 Å². The monoisotopic (exact) mass is 331 g/mol. The third-order valence-corrected chi connectivity index (χ3v) is 3.06. The summed E-state index contributed by atoms with van der Waals surface area (Å²) < 4.78 is 0.704. The summed E-state index contributed by atoms with van der Waals surface area (Å²) in [5, 5.41) is 4.17.